The molecule has 2 aromatic carbocycles. The maximum Gasteiger partial charge on any atom is 0.281 e. The quantitative estimate of drug-likeness (QED) is 0.789. The smallest absolute Gasteiger partial charge is 0.281 e. The molecule has 0 unspecified atom stereocenters. The number of carbonyl (C=O) groups is 1. The van der Waals surface area contributed by atoms with E-state index in [1.54, 1.807) is 0 Å². The summed E-state index contributed by atoms with van der Waals surface area (Å²) in [5.41, 5.74) is 3.22. The van der Waals surface area contributed by atoms with Gasteiger partial charge in [-0.25, -0.2) is 0 Å². The van der Waals surface area contributed by atoms with Gasteiger partial charge in [-0.05, 0) is 36.5 Å². The van der Waals surface area contributed by atoms with E-state index in [9.17, 15) is 13.2 Å². The van der Waals surface area contributed by atoms with Crippen LogP contribution in [0.1, 0.15) is 35.6 Å². The van der Waals surface area contributed by atoms with Crippen molar-refractivity contribution in [2.75, 3.05) is 27.2 Å². The summed E-state index contributed by atoms with van der Waals surface area (Å²) in [6, 6.07) is 17.8. The minimum atomic E-state index is -3.43. The van der Waals surface area contributed by atoms with Crippen molar-refractivity contribution in [2.45, 2.75) is 25.8 Å². The number of nitrogens with zero attached hydrogens (tertiary/aromatic N) is 2. The molecule has 1 fully saturated rings. The topological polar surface area (TPSA) is 69.7 Å². The Balaban J connectivity index is 1.74. The Morgan fingerprint density at radius 3 is 2.21 bits per heavy atom. The summed E-state index contributed by atoms with van der Waals surface area (Å²) in [7, 11) is -0.372. The van der Waals surface area contributed by atoms with Crippen LogP contribution < -0.4 is 5.32 Å². The third-order valence-electron chi connectivity index (χ3n) is 5.53. The highest BCUT2D eigenvalue weighted by Crippen LogP contribution is 2.27. The van der Waals surface area contributed by atoms with Crippen LogP contribution in [-0.4, -0.2) is 50.1 Å². The largest absolute Gasteiger partial charge is 0.345 e. The van der Waals surface area contributed by atoms with Gasteiger partial charge in [-0.3, -0.25) is 4.79 Å². The molecule has 0 aliphatic carbocycles. The molecule has 29 heavy (non-hydrogen) atoms. The van der Waals surface area contributed by atoms with Crippen molar-refractivity contribution < 1.29 is 13.2 Å². The number of amides is 1. The van der Waals surface area contributed by atoms with Crippen LogP contribution in [0.4, 0.5) is 0 Å². The van der Waals surface area contributed by atoms with Crippen molar-refractivity contribution in [2.24, 2.45) is 5.92 Å². The highest BCUT2D eigenvalue weighted by Gasteiger charge is 2.33. The van der Waals surface area contributed by atoms with Crippen LogP contribution in [0, 0.1) is 12.8 Å². The number of benzene rings is 2. The lowest BCUT2D eigenvalue weighted by molar-refractivity contribution is -0.126. The summed E-state index contributed by atoms with van der Waals surface area (Å²) in [5, 5.41) is 3.22. The van der Waals surface area contributed by atoms with Crippen LogP contribution >= 0.6 is 0 Å². The molecule has 1 aliphatic rings. The van der Waals surface area contributed by atoms with Gasteiger partial charge in [0, 0.05) is 33.1 Å². The fraction of sp³-hybridized carbons (Fsp3) is 0.409. The number of piperidine rings is 1. The van der Waals surface area contributed by atoms with Crippen LogP contribution in [0.25, 0.3) is 0 Å². The molecule has 0 radical (unpaired) electrons. The average Bonchev–Trinajstić information content (AvgIpc) is 2.73. The molecule has 1 aliphatic heterocycles. The van der Waals surface area contributed by atoms with E-state index in [2.05, 4.69) is 5.32 Å². The molecule has 156 valence electrons. The van der Waals surface area contributed by atoms with Gasteiger partial charge in [-0.15, -0.1) is 0 Å². The molecule has 7 heteroatoms. The summed E-state index contributed by atoms with van der Waals surface area (Å²) in [5.74, 6) is -0.220. The highest BCUT2D eigenvalue weighted by atomic mass is 32.2. The normalized spacial score (nSPS) is 17.2. The number of aryl methyl sites for hydroxylation is 1. The second-order valence-electron chi connectivity index (χ2n) is 7.67. The molecule has 1 N–H and O–H groups in total. The summed E-state index contributed by atoms with van der Waals surface area (Å²) >= 11 is 0. The number of rotatable bonds is 6. The molecular formula is C22H29N3O3S. The maximum atomic E-state index is 13.1. The average molecular weight is 416 g/mol. The number of hydrogen-bond donors (Lipinski definition) is 1. The van der Waals surface area contributed by atoms with E-state index >= 15 is 0 Å². The van der Waals surface area contributed by atoms with Crippen molar-refractivity contribution in [3.63, 3.8) is 0 Å². The van der Waals surface area contributed by atoms with E-state index in [4.69, 9.17) is 0 Å². The van der Waals surface area contributed by atoms with E-state index < -0.39 is 10.2 Å². The van der Waals surface area contributed by atoms with Crippen molar-refractivity contribution in [3.8, 4) is 0 Å². The Morgan fingerprint density at radius 2 is 1.62 bits per heavy atom. The molecule has 0 saturated carbocycles. The molecule has 2 aromatic rings. The van der Waals surface area contributed by atoms with Crippen LogP contribution in [0.5, 0.6) is 0 Å². The van der Waals surface area contributed by atoms with Gasteiger partial charge in [0.05, 0.1) is 6.04 Å². The monoisotopic (exact) mass is 415 g/mol. The lowest BCUT2D eigenvalue weighted by atomic mass is 9.92. The van der Waals surface area contributed by atoms with Gasteiger partial charge in [-0.1, -0.05) is 54.6 Å². The minimum absolute atomic E-state index is 0.0241. The van der Waals surface area contributed by atoms with Crippen LogP contribution in [0.3, 0.4) is 0 Å². The zero-order valence-corrected chi connectivity index (χ0v) is 18.0. The lowest BCUT2D eigenvalue weighted by Crippen LogP contribution is -2.47. The van der Waals surface area contributed by atoms with Crippen LogP contribution in [-0.2, 0) is 15.0 Å². The van der Waals surface area contributed by atoms with Gasteiger partial charge < -0.3 is 5.32 Å². The van der Waals surface area contributed by atoms with Gasteiger partial charge >= 0.3 is 0 Å². The van der Waals surface area contributed by atoms with Gasteiger partial charge in [0.1, 0.15) is 0 Å². The number of hydrogen-bond acceptors (Lipinski definition) is 3. The molecule has 1 saturated heterocycles. The molecule has 6 nitrogen and oxygen atoms in total. The SMILES string of the molecule is Cc1ccccc1[C@H](NC(=O)C1CCN(S(=O)(=O)N(C)C)CC1)c1ccccc1. The first kappa shape index (κ1) is 21.5. The summed E-state index contributed by atoms with van der Waals surface area (Å²) in [4.78, 5) is 13.1. The Kier molecular flexibility index (Phi) is 6.72. The van der Waals surface area contributed by atoms with Crippen molar-refractivity contribution in [1.82, 2.24) is 13.9 Å². The molecule has 1 atom stereocenters. The van der Waals surface area contributed by atoms with E-state index in [0.29, 0.717) is 25.9 Å². The van der Waals surface area contributed by atoms with Gasteiger partial charge in [0.15, 0.2) is 0 Å². The molecule has 3 rings (SSSR count). The Morgan fingerprint density at radius 1 is 1.03 bits per heavy atom. The minimum Gasteiger partial charge on any atom is -0.345 e. The van der Waals surface area contributed by atoms with Gasteiger partial charge in [0.2, 0.25) is 5.91 Å². The summed E-state index contributed by atoms with van der Waals surface area (Å²) < 4.78 is 27.3. The van der Waals surface area contributed by atoms with Gasteiger partial charge in [-0.2, -0.15) is 17.0 Å². The van der Waals surface area contributed by atoms with Crippen LogP contribution in [0.2, 0.25) is 0 Å². The lowest BCUT2D eigenvalue weighted by Gasteiger charge is -2.33. The zero-order chi connectivity index (χ0) is 21.0. The highest BCUT2D eigenvalue weighted by molar-refractivity contribution is 7.86. The van der Waals surface area contributed by atoms with E-state index in [1.807, 2.05) is 61.5 Å². The van der Waals surface area contributed by atoms with E-state index in [-0.39, 0.29) is 17.9 Å². The van der Waals surface area contributed by atoms with E-state index in [1.165, 1.54) is 22.7 Å². The van der Waals surface area contributed by atoms with Crippen molar-refractivity contribution >= 4 is 16.1 Å². The number of carbonyl (C=O) groups excluding carboxylic acids is 1. The van der Waals surface area contributed by atoms with Crippen LogP contribution in [0.15, 0.2) is 54.6 Å². The van der Waals surface area contributed by atoms with Crippen molar-refractivity contribution in [3.05, 3.63) is 71.3 Å². The molecule has 0 spiro atoms. The third kappa shape index (κ3) is 4.86. The number of nitrogens with one attached hydrogen (secondary N) is 1. The third-order valence-corrected chi connectivity index (χ3v) is 7.47. The van der Waals surface area contributed by atoms with Crippen molar-refractivity contribution in [1.29, 1.82) is 0 Å². The second kappa shape index (κ2) is 9.07. The van der Waals surface area contributed by atoms with E-state index in [0.717, 1.165) is 16.7 Å². The first-order chi connectivity index (χ1) is 13.8. The predicted molar refractivity (Wildman–Crippen MR) is 115 cm³/mol. The Labute approximate surface area is 173 Å². The Hall–Kier alpha value is -2.22. The molecular weight excluding hydrogens is 386 g/mol. The zero-order valence-electron chi connectivity index (χ0n) is 17.2. The standard InChI is InChI=1S/C22H29N3O3S/c1-17-9-7-8-12-20(17)21(18-10-5-4-6-11-18)23-22(26)19-13-15-25(16-14-19)29(27,28)24(2)3/h4-12,19,21H,13-16H2,1-3H3,(H,23,26)/t21-/m1/s1. The first-order valence-corrected chi connectivity index (χ1v) is 11.3. The van der Waals surface area contributed by atoms with Gasteiger partial charge in [0.25, 0.3) is 10.2 Å². The molecule has 1 heterocycles. The fourth-order valence-electron chi connectivity index (χ4n) is 3.74. The predicted octanol–water partition coefficient (Wildman–Crippen LogP) is 2.72. The summed E-state index contributed by atoms with van der Waals surface area (Å²) in [6.07, 6.45) is 1.04. The maximum absolute atomic E-state index is 13.1. The Bertz CT molecular complexity index is 937. The molecule has 0 aromatic heterocycles. The summed E-state index contributed by atoms with van der Waals surface area (Å²) in [6.45, 7) is 2.76. The molecule has 0 bridgehead atoms. The first-order valence-electron chi connectivity index (χ1n) is 9.89. The second-order valence-corrected chi connectivity index (χ2v) is 9.81. The fourth-order valence-corrected chi connectivity index (χ4v) is 4.87. The molecule has 1 amide bonds.